The normalized spacial score (nSPS) is 11.0. The highest BCUT2D eigenvalue weighted by Gasteiger charge is 2.05. The van der Waals surface area contributed by atoms with Gasteiger partial charge in [-0.05, 0) is 18.6 Å². The highest BCUT2D eigenvalue weighted by molar-refractivity contribution is 5.86. The zero-order valence-corrected chi connectivity index (χ0v) is 11.4. The van der Waals surface area contributed by atoms with Gasteiger partial charge >= 0.3 is 5.97 Å². The summed E-state index contributed by atoms with van der Waals surface area (Å²) in [6.07, 6.45) is 2.17. The Kier molecular flexibility index (Phi) is 5.73. The third-order valence-electron chi connectivity index (χ3n) is 2.69. The van der Waals surface area contributed by atoms with Gasteiger partial charge in [-0.15, -0.1) is 0 Å². The molecule has 1 aromatic rings. The highest BCUT2D eigenvalue weighted by Crippen LogP contribution is 2.29. The SMILES string of the molecule is CC/C(=C/CNc1ccc(OC)c(OC)c1)C(=O)O. The molecule has 0 saturated heterocycles. The number of rotatable bonds is 7. The summed E-state index contributed by atoms with van der Waals surface area (Å²) in [6.45, 7) is 2.27. The number of anilines is 1. The average Bonchev–Trinajstić information content (AvgIpc) is 2.42. The molecule has 0 bridgehead atoms. The summed E-state index contributed by atoms with van der Waals surface area (Å²) >= 11 is 0. The Morgan fingerprint density at radius 2 is 2.00 bits per heavy atom. The fraction of sp³-hybridized carbons (Fsp3) is 0.357. The maximum atomic E-state index is 10.8. The summed E-state index contributed by atoms with van der Waals surface area (Å²) in [5.74, 6) is 0.408. The Hall–Kier alpha value is -2.17. The standard InChI is InChI=1S/C14H19NO4/c1-4-10(14(16)17)7-8-15-11-5-6-12(18-2)13(9-11)19-3/h5-7,9,15H,4,8H2,1-3H3,(H,16,17)/b10-7-. The lowest BCUT2D eigenvalue weighted by Crippen LogP contribution is -2.05. The van der Waals surface area contributed by atoms with E-state index in [1.807, 2.05) is 13.0 Å². The summed E-state index contributed by atoms with van der Waals surface area (Å²) in [6, 6.07) is 5.45. The molecule has 0 spiro atoms. The average molecular weight is 265 g/mol. The Morgan fingerprint density at radius 1 is 1.32 bits per heavy atom. The van der Waals surface area contributed by atoms with E-state index in [4.69, 9.17) is 14.6 Å². The van der Waals surface area contributed by atoms with E-state index in [-0.39, 0.29) is 0 Å². The molecule has 0 fully saturated rings. The molecule has 19 heavy (non-hydrogen) atoms. The molecule has 5 nitrogen and oxygen atoms in total. The van der Waals surface area contributed by atoms with Gasteiger partial charge in [0.2, 0.25) is 0 Å². The van der Waals surface area contributed by atoms with Crippen molar-refractivity contribution in [2.45, 2.75) is 13.3 Å². The molecule has 0 heterocycles. The molecule has 0 aliphatic heterocycles. The maximum Gasteiger partial charge on any atom is 0.331 e. The minimum atomic E-state index is -0.878. The summed E-state index contributed by atoms with van der Waals surface area (Å²) in [5.41, 5.74) is 1.24. The van der Waals surface area contributed by atoms with Crippen LogP contribution in [0.2, 0.25) is 0 Å². The first-order valence-corrected chi connectivity index (χ1v) is 6.00. The van der Waals surface area contributed by atoms with E-state index in [0.29, 0.717) is 30.0 Å². The second kappa shape index (κ2) is 7.31. The van der Waals surface area contributed by atoms with Crippen LogP contribution in [0.15, 0.2) is 29.8 Å². The number of carboxylic acid groups (broad SMARTS) is 1. The van der Waals surface area contributed by atoms with E-state index in [1.54, 1.807) is 32.4 Å². The monoisotopic (exact) mass is 265 g/mol. The quantitative estimate of drug-likeness (QED) is 0.741. The van der Waals surface area contributed by atoms with Gasteiger partial charge in [-0.1, -0.05) is 13.0 Å². The third kappa shape index (κ3) is 4.21. The Bertz CT molecular complexity index is 469. The Morgan fingerprint density at radius 3 is 2.53 bits per heavy atom. The lowest BCUT2D eigenvalue weighted by molar-refractivity contribution is -0.132. The van der Waals surface area contributed by atoms with Crippen LogP contribution in [-0.2, 0) is 4.79 Å². The van der Waals surface area contributed by atoms with Crippen molar-refractivity contribution in [1.29, 1.82) is 0 Å². The second-order valence-electron chi connectivity index (χ2n) is 3.84. The molecule has 0 unspecified atom stereocenters. The number of ether oxygens (including phenoxy) is 2. The van der Waals surface area contributed by atoms with Gasteiger partial charge in [-0.3, -0.25) is 0 Å². The van der Waals surface area contributed by atoms with Gasteiger partial charge in [0.15, 0.2) is 11.5 Å². The number of carbonyl (C=O) groups is 1. The molecule has 0 aliphatic rings. The number of nitrogens with one attached hydrogen (secondary N) is 1. The van der Waals surface area contributed by atoms with Crippen LogP contribution in [0.3, 0.4) is 0 Å². The third-order valence-corrected chi connectivity index (χ3v) is 2.69. The first-order valence-electron chi connectivity index (χ1n) is 6.00. The number of methoxy groups -OCH3 is 2. The molecule has 0 radical (unpaired) electrons. The number of aliphatic carboxylic acids is 1. The van der Waals surface area contributed by atoms with Gasteiger partial charge in [0.1, 0.15) is 0 Å². The minimum absolute atomic E-state index is 0.396. The van der Waals surface area contributed by atoms with Crippen molar-refractivity contribution in [3.8, 4) is 11.5 Å². The topological polar surface area (TPSA) is 67.8 Å². The summed E-state index contributed by atoms with van der Waals surface area (Å²) in [7, 11) is 3.15. The van der Waals surface area contributed by atoms with Crippen molar-refractivity contribution >= 4 is 11.7 Å². The lowest BCUT2D eigenvalue weighted by Gasteiger charge is -2.10. The molecule has 0 saturated carbocycles. The van der Waals surface area contributed by atoms with Gasteiger partial charge in [0.25, 0.3) is 0 Å². The fourth-order valence-electron chi connectivity index (χ4n) is 1.62. The smallest absolute Gasteiger partial charge is 0.331 e. The van der Waals surface area contributed by atoms with E-state index >= 15 is 0 Å². The molecular formula is C14H19NO4. The van der Waals surface area contributed by atoms with Gasteiger partial charge in [0, 0.05) is 23.9 Å². The van der Waals surface area contributed by atoms with E-state index in [9.17, 15) is 4.79 Å². The molecule has 0 amide bonds. The highest BCUT2D eigenvalue weighted by atomic mass is 16.5. The van der Waals surface area contributed by atoms with E-state index in [2.05, 4.69) is 5.32 Å². The van der Waals surface area contributed by atoms with E-state index < -0.39 is 5.97 Å². The van der Waals surface area contributed by atoms with Crippen molar-refractivity contribution in [3.05, 3.63) is 29.8 Å². The lowest BCUT2D eigenvalue weighted by atomic mass is 10.2. The van der Waals surface area contributed by atoms with Gasteiger partial charge in [-0.2, -0.15) is 0 Å². The van der Waals surface area contributed by atoms with Crippen LogP contribution >= 0.6 is 0 Å². The van der Waals surface area contributed by atoms with E-state index in [1.165, 1.54) is 0 Å². The van der Waals surface area contributed by atoms with E-state index in [0.717, 1.165) is 5.69 Å². The zero-order valence-electron chi connectivity index (χ0n) is 11.4. The van der Waals surface area contributed by atoms with Crippen molar-refractivity contribution in [3.63, 3.8) is 0 Å². The number of hydrogen-bond donors (Lipinski definition) is 2. The predicted molar refractivity (Wildman–Crippen MR) is 74.0 cm³/mol. The van der Waals surface area contributed by atoms with Crippen LogP contribution in [-0.4, -0.2) is 31.8 Å². The molecular weight excluding hydrogens is 246 g/mol. The largest absolute Gasteiger partial charge is 0.493 e. The van der Waals surface area contributed by atoms with Crippen molar-refractivity contribution in [2.24, 2.45) is 0 Å². The van der Waals surface area contributed by atoms with Crippen molar-refractivity contribution in [2.75, 3.05) is 26.1 Å². The molecule has 0 aromatic heterocycles. The van der Waals surface area contributed by atoms with Crippen molar-refractivity contribution in [1.82, 2.24) is 0 Å². The van der Waals surface area contributed by atoms with Crippen molar-refractivity contribution < 1.29 is 19.4 Å². The minimum Gasteiger partial charge on any atom is -0.493 e. The van der Waals surface area contributed by atoms with Crippen LogP contribution in [0.25, 0.3) is 0 Å². The number of benzene rings is 1. The van der Waals surface area contributed by atoms with Crippen LogP contribution in [0.5, 0.6) is 11.5 Å². The van der Waals surface area contributed by atoms with Crippen LogP contribution in [0.4, 0.5) is 5.69 Å². The maximum absolute atomic E-state index is 10.8. The Labute approximate surface area is 112 Å². The predicted octanol–water partition coefficient (Wildman–Crippen LogP) is 2.54. The summed E-state index contributed by atoms with van der Waals surface area (Å²) in [4.78, 5) is 10.8. The zero-order chi connectivity index (χ0) is 14.3. The second-order valence-corrected chi connectivity index (χ2v) is 3.84. The molecule has 104 valence electrons. The van der Waals surface area contributed by atoms with Crippen LogP contribution in [0, 0.1) is 0 Å². The molecule has 0 aliphatic carbocycles. The van der Waals surface area contributed by atoms with Gasteiger partial charge in [0.05, 0.1) is 14.2 Å². The van der Waals surface area contributed by atoms with Gasteiger partial charge in [-0.25, -0.2) is 4.79 Å². The molecule has 1 aromatic carbocycles. The molecule has 2 N–H and O–H groups in total. The van der Waals surface area contributed by atoms with Gasteiger partial charge < -0.3 is 19.9 Å². The van der Waals surface area contributed by atoms with Crippen LogP contribution in [0.1, 0.15) is 13.3 Å². The molecule has 5 heteroatoms. The first kappa shape index (κ1) is 14.9. The summed E-state index contributed by atoms with van der Waals surface area (Å²) in [5, 5.41) is 12.0. The fourth-order valence-corrected chi connectivity index (χ4v) is 1.62. The molecule has 1 rings (SSSR count). The van der Waals surface area contributed by atoms with Crippen LogP contribution < -0.4 is 14.8 Å². The summed E-state index contributed by atoms with van der Waals surface area (Å²) < 4.78 is 10.3. The number of carboxylic acids is 1. The first-order chi connectivity index (χ1) is 9.12. The number of hydrogen-bond acceptors (Lipinski definition) is 4. The Balaban J connectivity index is 2.71. The molecule has 0 atom stereocenters.